The number of carboxylic acids is 1. The van der Waals surface area contributed by atoms with E-state index in [0.717, 1.165) is 11.6 Å². The van der Waals surface area contributed by atoms with Crippen LogP contribution < -0.4 is 4.74 Å². The lowest BCUT2D eigenvalue weighted by molar-refractivity contribution is -0.131. The zero-order chi connectivity index (χ0) is 13.7. The number of aliphatic carboxylic acids is 1. The second kappa shape index (κ2) is 6.07. The molecule has 1 N–H and O–H groups in total. The maximum absolute atomic E-state index is 10.4. The van der Waals surface area contributed by atoms with E-state index in [1.54, 1.807) is 48.5 Å². The highest BCUT2D eigenvalue weighted by atomic mass is 35.5. The van der Waals surface area contributed by atoms with Crippen molar-refractivity contribution in [3.8, 4) is 11.5 Å². The van der Waals surface area contributed by atoms with Crippen LogP contribution in [0.1, 0.15) is 5.56 Å². The summed E-state index contributed by atoms with van der Waals surface area (Å²) in [5, 5.41) is 9.22. The average Bonchev–Trinajstić information content (AvgIpc) is 2.40. The number of rotatable bonds is 4. The van der Waals surface area contributed by atoms with Gasteiger partial charge in [0.2, 0.25) is 0 Å². The summed E-state index contributed by atoms with van der Waals surface area (Å²) in [7, 11) is 0. The van der Waals surface area contributed by atoms with Gasteiger partial charge in [-0.2, -0.15) is 0 Å². The molecule has 0 spiro atoms. The lowest BCUT2D eigenvalue weighted by atomic mass is 10.2. The van der Waals surface area contributed by atoms with E-state index in [-0.39, 0.29) is 0 Å². The first kappa shape index (κ1) is 13.2. The average molecular weight is 275 g/mol. The third kappa shape index (κ3) is 4.16. The molecule has 0 fully saturated rings. The van der Waals surface area contributed by atoms with Crippen LogP contribution in [-0.2, 0) is 4.79 Å². The van der Waals surface area contributed by atoms with Crippen LogP contribution in [0.3, 0.4) is 0 Å². The van der Waals surface area contributed by atoms with Crippen molar-refractivity contribution >= 4 is 23.6 Å². The zero-order valence-electron chi connectivity index (χ0n) is 9.92. The first-order valence-electron chi connectivity index (χ1n) is 5.58. The van der Waals surface area contributed by atoms with Crippen LogP contribution in [0.15, 0.2) is 54.6 Å². The van der Waals surface area contributed by atoms with Crippen LogP contribution >= 0.6 is 11.6 Å². The normalized spacial score (nSPS) is 10.6. The Labute approximate surface area is 115 Å². The van der Waals surface area contributed by atoms with E-state index in [2.05, 4.69) is 0 Å². The van der Waals surface area contributed by atoms with Crippen molar-refractivity contribution in [1.82, 2.24) is 0 Å². The summed E-state index contributed by atoms with van der Waals surface area (Å²) < 4.78 is 5.64. The largest absolute Gasteiger partial charge is 0.478 e. The number of ether oxygens (including phenoxy) is 1. The molecule has 0 saturated heterocycles. The van der Waals surface area contributed by atoms with Gasteiger partial charge in [-0.1, -0.05) is 23.7 Å². The van der Waals surface area contributed by atoms with Crippen molar-refractivity contribution < 1.29 is 14.6 Å². The van der Waals surface area contributed by atoms with E-state index >= 15 is 0 Å². The van der Waals surface area contributed by atoms with Gasteiger partial charge in [0, 0.05) is 11.1 Å². The highest BCUT2D eigenvalue weighted by molar-refractivity contribution is 6.30. The standard InChI is InChI=1S/C15H11ClO3/c16-12-5-7-13(8-6-12)19-14-3-1-2-11(10-14)4-9-15(17)18/h1-10H,(H,17,18). The summed E-state index contributed by atoms with van der Waals surface area (Å²) in [4.78, 5) is 10.4. The molecule has 4 heteroatoms. The van der Waals surface area contributed by atoms with Gasteiger partial charge in [0.1, 0.15) is 11.5 Å². The monoisotopic (exact) mass is 274 g/mol. The molecule has 96 valence electrons. The highest BCUT2D eigenvalue weighted by Gasteiger charge is 1.98. The van der Waals surface area contributed by atoms with Gasteiger partial charge in [-0.3, -0.25) is 0 Å². The van der Waals surface area contributed by atoms with Crippen LogP contribution in [-0.4, -0.2) is 11.1 Å². The molecule has 0 aliphatic rings. The lowest BCUT2D eigenvalue weighted by Gasteiger charge is -2.06. The molecule has 0 amide bonds. The Hall–Kier alpha value is -2.26. The summed E-state index contributed by atoms with van der Waals surface area (Å²) >= 11 is 5.79. The third-order valence-electron chi connectivity index (χ3n) is 2.33. The predicted molar refractivity (Wildman–Crippen MR) is 74.6 cm³/mol. The van der Waals surface area contributed by atoms with Gasteiger partial charge >= 0.3 is 5.97 Å². The van der Waals surface area contributed by atoms with E-state index in [4.69, 9.17) is 21.4 Å². The fourth-order valence-electron chi connectivity index (χ4n) is 1.49. The summed E-state index contributed by atoms with van der Waals surface area (Å²) in [6.45, 7) is 0. The summed E-state index contributed by atoms with van der Waals surface area (Å²) in [6.07, 6.45) is 2.60. The van der Waals surface area contributed by atoms with E-state index < -0.39 is 5.97 Å². The fraction of sp³-hybridized carbons (Fsp3) is 0. The van der Waals surface area contributed by atoms with Gasteiger partial charge in [0.25, 0.3) is 0 Å². The minimum Gasteiger partial charge on any atom is -0.478 e. The highest BCUT2D eigenvalue weighted by Crippen LogP contribution is 2.24. The Morgan fingerprint density at radius 1 is 1.11 bits per heavy atom. The third-order valence-corrected chi connectivity index (χ3v) is 2.58. The molecule has 0 unspecified atom stereocenters. The first-order chi connectivity index (χ1) is 9.13. The Morgan fingerprint density at radius 2 is 1.84 bits per heavy atom. The molecule has 0 atom stereocenters. The molecule has 2 rings (SSSR count). The molecule has 19 heavy (non-hydrogen) atoms. The Morgan fingerprint density at radius 3 is 2.53 bits per heavy atom. The van der Waals surface area contributed by atoms with E-state index in [9.17, 15) is 4.79 Å². The van der Waals surface area contributed by atoms with Crippen LogP contribution in [0, 0.1) is 0 Å². The maximum Gasteiger partial charge on any atom is 0.328 e. The van der Waals surface area contributed by atoms with E-state index in [1.807, 2.05) is 0 Å². The van der Waals surface area contributed by atoms with Crippen LogP contribution in [0.25, 0.3) is 6.08 Å². The van der Waals surface area contributed by atoms with Crippen LogP contribution in [0.2, 0.25) is 5.02 Å². The van der Waals surface area contributed by atoms with Crippen molar-refractivity contribution in [2.24, 2.45) is 0 Å². The number of benzene rings is 2. The second-order valence-electron chi connectivity index (χ2n) is 3.80. The topological polar surface area (TPSA) is 46.5 Å². The molecule has 0 saturated carbocycles. The lowest BCUT2D eigenvalue weighted by Crippen LogP contribution is -1.87. The Balaban J connectivity index is 2.15. The number of halogens is 1. The summed E-state index contributed by atoms with van der Waals surface area (Å²) in [5.74, 6) is 0.322. The van der Waals surface area contributed by atoms with Crippen LogP contribution in [0.5, 0.6) is 11.5 Å². The van der Waals surface area contributed by atoms with Crippen molar-refractivity contribution in [1.29, 1.82) is 0 Å². The summed E-state index contributed by atoms with van der Waals surface area (Å²) in [5.41, 5.74) is 0.758. The molecule has 0 aromatic heterocycles. The zero-order valence-corrected chi connectivity index (χ0v) is 10.7. The molecule has 0 radical (unpaired) electrons. The number of carbonyl (C=O) groups is 1. The minimum absolute atomic E-state index is 0.634. The SMILES string of the molecule is O=C(O)C=Cc1cccc(Oc2ccc(Cl)cc2)c1. The number of hydrogen-bond acceptors (Lipinski definition) is 2. The Kier molecular flexibility index (Phi) is 4.21. The molecular weight excluding hydrogens is 264 g/mol. The molecule has 0 bridgehead atoms. The predicted octanol–water partition coefficient (Wildman–Crippen LogP) is 4.23. The van der Waals surface area contributed by atoms with Gasteiger partial charge in [0.05, 0.1) is 0 Å². The van der Waals surface area contributed by atoms with Crippen LogP contribution in [0.4, 0.5) is 0 Å². The van der Waals surface area contributed by atoms with Crippen molar-refractivity contribution in [3.05, 3.63) is 65.2 Å². The van der Waals surface area contributed by atoms with Gasteiger partial charge in [-0.15, -0.1) is 0 Å². The van der Waals surface area contributed by atoms with Gasteiger partial charge in [0.15, 0.2) is 0 Å². The molecule has 0 aliphatic heterocycles. The molecule has 0 heterocycles. The van der Waals surface area contributed by atoms with Crippen molar-refractivity contribution in [3.63, 3.8) is 0 Å². The fourth-order valence-corrected chi connectivity index (χ4v) is 1.61. The summed E-state index contributed by atoms with van der Waals surface area (Å²) in [6, 6.07) is 14.2. The van der Waals surface area contributed by atoms with E-state index in [0.29, 0.717) is 16.5 Å². The molecule has 3 nitrogen and oxygen atoms in total. The quantitative estimate of drug-likeness (QED) is 0.849. The molecule has 2 aromatic rings. The van der Waals surface area contributed by atoms with Crippen molar-refractivity contribution in [2.75, 3.05) is 0 Å². The molecule has 0 aliphatic carbocycles. The van der Waals surface area contributed by atoms with Gasteiger partial charge < -0.3 is 9.84 Å². The maximum atomic E-state index is 10.4. The smallest absolute Gasteiger partial charge is 0.328 e. The molecular formula is C15H11ClO3. The Bertz CT molecular complexity index is 603. The molecule has 2 aromatic carbocycles. The second-order valence-corrected chi connectivity index (χ2v) is 4.24. The number of hydrogen-bond donors (Lipinski definition) is 1. The van der Waals surface area contributed by atoms with E-state index in [1.165, 1.54) is 6.08 Å². The minimum atomic E-state index is -0.982. The number of carboxylic acid groups (broad SMARTS) is 1. The van der Waals surface area contributed by atoms with Gasteiger partial charge in [-0.25, -0.2) is 4.79 Å². The van der Waals surface area contributed by atoms with Crippen molar-refractivity contribution in [2.45, 2.75) is 0 Å². The van der Waals surface area contributed by atoms with Gasteiger partial charge in [-0.05, 0) is 48.0 Å². The first-order valence-corrected chi connectivity index (χ1v) is 5.96.